The molecule has 9 heteroatoms. The third-order valence-electron chi connectivity index (χ3n) is 9.26. The number of hydrogen-bond donors (Lipinski definition) is 3. The van der Waals surface area contributed by atoms with Gasteiger partial charge in [0.05, 0.1) is 30.2 Å². The Hall–Kier alpha value is -4.18. The summed E-state index contributed by atoms with van der Waals surface area (Å²) >= 11 is 0. The number of amides is 2. The van der Waals surface area contributed by atoms with Gasteiger partial charge in [0.1, 0.15) is 5.75 Å². The number of phenolic OH excluding ortho intramolecular Hbond substituents is 1. The van der Waals surface area contributed by atoms with Gasteiger partial charge < -0.3 is 24.8 Å². The number of benzene rings is 3. The van der Waals surface area contributed by atoms with E-state index < -0.39 is 19.0 Å². The molecule has 1 aliphatic carbocycles. The molecule has 0 saturated carbocycles. The first kappa shape index (κ1) is 30.8. The van der Waals surface area contributed by atoms with Crippen LogP contribution in [0.5, 0.6) is 5.75 Å². The van der Waals surface area contributed by atoms with Gasteiger partial charge in [0.15, 0.2) is 0 Å². The number of nitrogens with one attached hydrogen (secondary N) is 1. The summed E-state index contributed by atoms with van der Waals surface area (Å²) in [6.45, 7) is 2.45. The fourth-order valence-corrected chi connectivity index (χ4v) is 7.18. The SMILES string of the molecule is CC/C(=C\c1ccc(O)cc1)CC[C@H]1OB(O)C[C@H]2C1=C(COC)C[C@H]1C(=O)N(c3ccc(Nc4ccccc4)cc3)C(=O)[C@H]12. The number of para-hydroxylation sites is 1. The van der Waals surface area contributed by atoms with Gasteiger partial charge in [-0.3, -0.25) is 14.5 Å². The standard InChI is InChI=1S/C36H39BN2O6/c1-3-23(19-24-9-16-29(40)17-10-24)11-18-32-33-25(22-44-2)20-30-34(31(33)21-37(43)45-32)36(42)39(35(30)41)28-14-12-27(13-15-28)38-26-7-5-4-6-8-26/h4-10,12-17,19,30-32,34,38,40,43H,3,11,18,20-22H2,1-2H3/b23-19+/t30-,31+,32-,34-/m1/s1. The highest BCUT2D eigenvalue weighted by atomic mass is 16.5. The van der Waals surface area contributed by atoms with Crippen molar-refractivity contribution >= 4 is 42.1 Å². The molecule has 2 aliphatic heterocycles. The maximum atomic E-state index is 14.1. The van der Waals surface area contributed by atoms with E-state index in [0.717, 1.165) is 40.9 Å². The third kappa shape index (κ3) is 6.47. The molecular formula is C36H39BN2O6. The van der Waals surface area contributed by atoms with Crippen molar-refractivity contribution in [3.05, 3.63) is 101 Å². The van der Waals surface area contributed by atoms with Gasteiger partial charge in [-0.15, -0.1) is 0 Å². The maximum absolute atomic E-state index is 14.1. The van der Waals surface area contributed by atoms with E-state index in [1.54, 1.807) is 31.4 Å². The molecule has 2 heterocycles. The topological polar surface area (TPSA) is 108 Å². The molecule has 3 aromatic rings. The molecule has 0 spiro atoms. The summed E-state index contributed by atoms with van der Waals surface area (Å²) in [5, 5.41) is 23.9. The number of allylic oxidation sites excluding steroid dienone is 1. The quantitative estimate of drug-likeness (QED) is 0.140. The van der Waals surface area contributed by atoms with E-state index in [-0.39, 0.29) is 35.9 Å². The lowest BCUT2D eigenvalue weighted by atomic mass is 9.58. The van der Waals surface area contributed by atoms with E-state index in [0.29, 0.717) is 25.1 Å². The lowest BCUT2D eigenvalue weighted by Crippen LogP contribution is -2.46. The number of phenols is 1. The second kappa shape index (κ2) is 13.4. The van der Waals surface area contributed by atoms with Crippen molar-refractivity contribution in [3.8, 4) is 5.75 Å². The van der Waals surface area contributed by atoms with Gasteiger partial charge in [-0.05, 0) is 103 Å². The Morgan fingerprint density at radius 1 is 1.00 bits per heavy atom. The lowest BCUT2D eigenvalue weighted by molar-refractivity contribution is -0.122. The van der Waals surface area contributed by atoms with Crippen molar-refractivity contribution in [2.24, 2.45) is 17.8 Å². The third-order valence-corrected chi connectivity index (χ3v) is 9.26. The van der Waals surface area contributed by atoms with E-state index in [9.17, 15) is 19.7 Å². The number of carbonyl (C=O) groups is 2. The van der Waals surface area contributed by atoms with Gasteiger partial charge in [0.25, 0.3) is 0 Å². The molecule has 45 heavy (non-hydrogen) atoms. The second-order valence-electron chi connectivity index (χ2n) is 12.1. The van der Waals surface area contributed by atoms with Crippen LogP contribution >= 0.6 is 0 Å². The van der Waals surface area contributed by atoms with Crippen molar-refractivity contribution in [1.29, 1.82) is 0 Å². The van der Waals surface area contributed by atoms with Crippen molar-refractivity contribution in [2.75, 3.05) is 23.9 Å². The highest BCUT2D eigenvalue weighted by Crippen LogP contribution is 2.51. The molecule has 3 aliphatic rings. The Balaban J connectivity index is 1.24. The zero-order chi connectivity index (χ0) is 31.5. The highest BCUT2D eigenvalue weighted by molar-refractivity contribution is 6.43. The first-order valence-corrected chi connectivity index (χ1v) is 15.7. The molecule has 232 valence electrons. The molecule has 0 aromatic heterocycles. The molecule has 0 unspecified atom stereocenters. The number of methoxy groups -OCH3 is 1. The number of nitrogens with zero attached hydrogens (tertiary/aromatic N) is 1. The summed E-state index contributed by atoms with van der Waals surface area (Å²) < 4.78 is 11.7. The fourth-order valence-electron chi connectivity index (χ4n) is 7.18. The largest absolute Gasteiger partial charge is 0.508 e. The Labute approximate surface area is 264 Å². The van der Waals surface area contributed by atoms with Gasteiger partial charge >= 0.3 is 7.12 Å². The average Bonchev–Trinajstić information content (AvgIpc) is 3.29. The predicted octanol–water partition coefficient (Wildman–Crippen LogP) is 6.36. The van der Waals surface area contributed by atoms with Crippen LogP contribution in [-0.4, -0.2) is 48.9 Å². The molecule has 3 aromatic carbocycles. The molecule has 4 atom stereocenters. The van der Waals surface area contributed by atoms with Gasteiger partial charge in [0, 0.05) is 18.5 Å². The number of ether oxygens (including phenoxy) is 1. The fraction of sp³-hybridized carbons (Fsp3) is 0.333. The summed E-state index contributed by atoms with van der Waals surface area (Å²) in [5.74, 6) is -1.58. The molecule has 3 N–H and O–H groups in total. The molecule has 8 nitrogen and oxygen atoms in total. The van der Waals surface area contributed by atoms with Crippen LogP contribution in [0.3, 0.4) is 0 Å². The Morgan fingerprint density at radius 3 is 2.40 bits per heavy atom. The summed E-state index contributed by atoms with van der Waals surface area (Å²) in [6, 6.07) is 24.3. The molecule has 2 fully saturated rings. The summed E-state index contributed by atoms with van der Waals surface area (Å²) in [5.41, 5.74) is 6.57. The first-order valence-electron chi connectivity index (χ1n) is 15.7. The minimum atomic E-state index is -1.03. The minimum absolute atomic E-state index is 0.205. The van der Waals surface area contributed by atoms with Gasteiger partial charge in [-0.2, -0.15) is 0 Å². The molecule has 2 saturated heterocycles. The van der Waals surface area contributed by atoms with Crippen LogP contribution in [0.2, 0.25) is 6.32 Å². The van der Waals surface area contributed by atoms with E-state index in [1.165, 1.54) is 10.5 Å². The Morgan fingerprint density at radius 2 is 1.71 bits per heavy atom. The van der Waals surface area contributed by atoms with Crippen LogP contribution < -0.4 is 10.2 Å². The number of fused-ring (bicyclic) bond motifs is 3. The molecule has 0 radical (unpaired) electrons. The summed E-state index contributed by atoms with van der Waals surface area (Å²) in [4.78, 5) is 29.3. The number of aromatic hydroxyl groups is 1. The van der Waals surface area contributed by atoms with Crippen LogP contribution in [0.1, 0.15) is 38.2 Å². The van der Waals surface area contributed by atoms with Crippen molar-refractivity contribution in [2.45, 2.75) is 45.0 Å². The Kier molecular flexibility index (Phi) is 9.21. The number of anilines is 3. The summed E-state index contributed by atoms with van der Waals surface area (Å²) in [6.07, 6.45) is 4.63. The van der Waals surface area contributed by atoms with Crippen LogP contribution in [0.4, 0.5) is 17.1 Å². The normalized spacial score (nSPS) is 23.3. The van der Waals surface area contributed by atoms with Crippen molar-refractivity contribution in [1.82, 2.24) is 0 Å². The van der Waals surface area contributed by atoms with E-state index in [1.807, 2.05) is 54.6 Å². The zero-order valence-electron chi connectivity index (χ0n) is 25.7. The van der Waals surface area contributed by atoms with Gasteiger partial charge in [0.2, 0.25) is 11.8 Å². The van der Waals surface area contributed by atoms with E-state index in [2.05, 4.69) is 18.3 Å². The van der Waals surface area contributed by atoms with Crippen molar-refractivity contribution < 1.29 is 29.1 Å². The van der Waals surface area contributed by atoms with E-state index in [4.69, 9.17) is 9.39 Å². The number of imide groups is 1. The monoisotopic (exact) mass is 606 g/mol. The van der Waals surface area contributed by atoms with Crippen LogP contribution in [0.25, 0.3) is 6.08 Å². The van der Waals surface area contributed by atoms with Crippen LogP contribution in [0.15, 0.2) is 95.6 Å². The molecular weight excluding hydrogens is 567 g/mol. The second-order valence-corrected chi connectivity index (χ2v) is 12.1. The van der Waals surface area contributed by atoms with Crippen LogP contribution in [-0.2, 0) is 19.0 Å². The first-order chi connectivity index (χ1) is 21.9. The minimum Gasteiger partial charge on any atom is -0.508 e. The molecule has 2 amide bonds. The van der Waals surface area contributed by atoms with Crippen molar-refractivity contribution in [3.63, 3.8) is 0 Å². The highest BCUT2D eigenvalue weighted by Gasteiger charge is 2.57. The molecule has 0 bridgehead atoms. The smallest absolute Gasteiger partial charge is 0.455 e. The van der Waals surface area contributed by atoms with E-state index >= 15 is 0 Å². The number of rotatable bonds is 10. The van der Waals surface area contributed by atoms with Gasteiger partial charge in [-0.1, -0.05) is 48.9 Å². The zero-order valence-corrected chi connectivity index (χ0v) is 25.7. The number of hydrogen-bond acceptors (Lipinski definition) is 7. The lowest BCUT2D eigenvalue weighted by Gasteiger charge is -2.43. The predicted molar refractivity (Wildman–Crippen MR) is 176 cm³/mol. The van der Waals surface area contributed by atoms with Gasteiger partial charge in [-0.25, -0.2) is 0 Å². The number of carbonyl (C=O) groups excluding carboxylic acids is 2. The molecule has 6 rings (SSSR count). The Bertz CT molecular complexity index is 1590. The maximum Gasteiger partial charge on any atom is 0.455 e. The average molecular weight is 607 g/mol. The summed E-state index contributed by atoms with van der Waals surface area (Å²) in [7, 11) is 0.606. The van der Waals surface area contributed by atoms with Crippen LogP contribution in [0, 0.1) is 17.8 Å².